The number of rotatable bonds is 5. The third kappa shape index (κ3) is 4.47. The maximum absolute atomic E-state index is 6.57. The van der Waals surface area contributed by atoms with Crippen LogP contribution in [0, 0.1) is 0 Å². The molecule has 2 heterocycles. The van der Waals surface area contributed by atoms with Crippen molar-refractivity contribution >= 4 is 93.7 Å². The van der Waals surface area contributed by atoms with Crippen LogP contribution in [-0.4, -0.2) is 48.8 Å². The summed E-state index contributed by atoms with van der Waals surface area (Å²) in [6.45, 7) is 0. The Morgan fingerprint density at radius 2 is 1.10 bits per heavy atom. The minimum atomic E-state index is -1.95. The molecular formula is C41H23B5N2O. The number of aromatic nitrogens is 2. The number of hydrogen-bond acceptors (Lipinski definition) is 2. The monoisotopic (exact) mass is 614 g/mol. The summed E-state index contributed by atoms with van der Waals surface area (Å²) < 4.78 is 8.21. The van der Waals surface area contributed by atoms with Gasteiger partial charge in [0.2, 0.25) is 0 Å². The lowest BCUT2D eigenvalue weighted by Crippen LogP contribution is -2.45. The molecule has 2 aromatic heterocycles. The number of nitrogens with zero attached hydrogens (tertiary/aromatic N) is 2. The molecule has 49 heavy (non-hydrogen) atoms. The molecule has 218 valence electrons. The average Bonchev–Trinajstić information content (AvgIpc) is 3.70. The van der Waals surface area contributed by atoms with Crippen LogP contribution < -0.4 is 0 Å². The van der Waals surface area contributed by atoms with Crippen LogP contribution in [0.4, 0.5) is 0 Å². The largest absolute Gasteiger partial charge is 0.456 e. The normalized spacial score (nSPS) is 12.5. The molecule has 0 spiro atoms. The molecule has 8 heteroatoms. The van der Waals surface area contributed by atoms with E-state index in [1.54, 1.807) is 0 Å². The number of para-hydroxylation sites is 3. The van der Waals surface area contributed by atoms with Gasteiger partial charge in [0.25, 0.3) is 0 Å². The van der Waals surface area contributed by atoms with Crippen molar-refractivity contribution in [2.24, 2.45) is 0 Å². The van der Waals surface area contributed by atoms with Gasteiger partial charge in [-0.3, -0.25) is 4.57 Å². The van der Waals surface area contributed by atoms with Gasteiger partial charge in [0.1, 0.15) is 17.0 Å². The third-order valence-corrected chi connectivity index (χ3v) is 9.64. The Balaban J connectivity index is 1.34. The van der Waals surface area contributed by atoms with Gasteiger partial charge in [-0.1, -0.05) is 108 Å². The molecule has 0 amide bonds. The molecule has 0 saturated heterocycles. The van der Waals surface area contributed by atoms with Crippen LogP contribution in [0.5, 0.6) is 0 Å². The highest BCUT2D eigenvalue weighted by molar-refractivity contribution is 6.67. The van der Waals surface area contributed by atoms with Gasteiger partial charge in [-0.2, -0.15) is 0 Å². The Morgan fingerprint density at radius 1 is 0.531 bits per heavy atom. The van der Waals surface area contributed by atoms with E-state index in [1.807, 2.05) is 59.2 Å². The van der Waals surface area contributed by atoms with Gasteiger partial charge < -0.3 is 4.42 Å². The molecule has 0 fully saturated rings. The first-order valence-corrected chi connectivity index (χ1v) is 16.1. The lowest BCUT2D eigenvalue weighted by atomic mass is 9.23. The zero-order valence-corrected chi connectivity index (χ0v) is 26.5. The second-order valence-electron chi connectivity index (χ2n) is 12.7. The second kappa shape index (κ2) is 10.8. The quantitative estimate of drug-likeness (QED) is 0.144. The summed E-state index contributed by atoms with van der Waals surface area (Å²) in [4.78, 5) is 4.78. The summed E-state index contributed by atoms with van der Waals surface area (Å²) in [6.07, 6.45) is 0. The first kappa shape index (κ1) is 29.8. The minimum Gasteiger partial charge on any atom is -0.456 e. The van der Waals surface area contributed by atoms with Crippen molar-refractivity contribution in [3.63, 3.8) is 0 Å². The van der Waals surface area contributed by atoms with E-state index in [1.165, 1.54) is 0 Å². The first-order chi connectivity index (χ1) is 23.7. The zero-order chi connectivity index (χ0) is 33.5. The molecule has 10 radical (unpaired) electrons. The number of furan rings is 1. The van der Waals surface area contributed by atoms with E-state index in [2.05, 4.69) is 84.9 Å². The fraction of sp³-hybridized carbons (Fsp3) is 0.0488. The summed E-state index contributed by atoms with van der Waals surface area (Å²) in [5, 5.41) is 2.89. The molecule has 0 atom stereocenters. The summed E-state index contributed by atoms with van der Waals surface area (Å²) in [5.41, 5.74) is 8.40. The molecule has 9 aromatic rings. The van der Waals surface area contributed by atoms with Crippen LogP contribution in [0.3, 0.4) is 0 Å². The van der Waals surface area contributed by atoms with E-state index in [-0.39, 0.29) is 5.82 Å². The van der Waals surface area contributed by atoms with E-state index in [9.17, 15) is 0 Å². The topological polar surface area (TPSA) is 31.0 Å². The Morgan fingerprint density at radius 3 is 1.80 bits per heavy atom. The van der Waals surface area contributed by atoms with Crippen molar-refractivity contribution in [3.05, 3.63) is 145 Å². The standard InChI is InChI=1S/C41H23B5N2O/c42-40(43,41(44,45)46)39-47-32-19-6-7-20-33(32)48(39)25-12-9-11-24(23-25)36-26-13-1-3-15-28(26)37(29-16-4-2-14-27(29)36)31-18-10-22-35-38(31)30-17-5-8-21-34(30)49-35/h1-23H. The number of fused-ring (bicyclic) bond motifs is 6. The maximum atomic E-state index is 6.57. The average molecular weight is 614 g/mol. The van der Waals surface area contributed by atoms with E-state index >= 15 is 0 Å². The molecule has 0 aliphatic rings. The van der Waals surface area contributed by atoms with Crippen molar-refractivity contribution in [3.8, 4) is 27.9 Å². The molecule has 0 aliphatic heterocycles. The van der Waals surface area contributed by atoms with Gasteiger partial charge in [0.05, 0.1) is 50.3 Å². The Bertz CT molecular complexity index is 2700. The van der Waals surface area contributed by atoms with E-state index in [0.29, 0.717) is 5.52 Å². The third-order valence-electron chi connectivity index (χ3n) is 9.64. The molecule has 0 bridgehead atoms. The lowest BCUT2D eigenvalue weighted by molar-refractivity contribution is 0.669. The van der Waals surface area contributed by atoms with E-state index in [4.69, 9.17) is 48.6 Å². The van der Waals surface area contributed by atoms with E-state index < -0.39 is 10.3 Å². The Hall–Kier alpha value is -5.35. The number of benzene rings is 7. The van der Waals surface area contributed by atoms with Crippen LogP contribution in [-0.2, 0) is 5.21 Å². The smallest absolute Gasteiger partial charge is 0.136 e. The van der Waals surface area contributed by atoms with Crippen LogP contribution in [0.2, 0.25) is 5.11 Å². The molecular weight excluding hydrogens is 591 g/mol. The minimum absolute atomic E-state index is 0.254. The molecule has 0 unspecified atom stereocenters. The zero-order valence-electron chi connectivity index (χ0n) is 26.5. The van der Waals surface area contributed by atoms with Crippen LogP contribution in [0.25, 0.3) is 82.5 Å². The van der Waals surface area contributed by atoms with E-state index in [0.717, 1.165) is 76.9 Å². The van der Waals surface area contributed by atoms with Crippen LogP contribution in [0.1, 0.15) is 5.82 Å². The lowest BCUT2D eigenvalue weighted by Gasteiger charge is -2.41. The SMILES string of the molecule is [B]C([B])([B])C([B])([B])c1nc2ccccc2n1-c1cccc(-c2c3ccccc3c(-c3cccc4oc5ccccc5c34)c3ccccc23)c1. The Labute approximate surface area is 290 Å². The number of hydrogen-bond donors (Lipinski definition) is 0. The fourth-order valence-corrected chi connectivity index (χ4v) is 7.27. The molecule has 3 nitrogen and oxygen atoms in total. The van der Waals surface area contributed by atoms with Gasteiger partial charge in [-0.25, -0.2) is 4.98 Å². The van der Waals surface area contributed by atoms with Crippen molar-refractivity contribution < 1.29 is 4.42 Å². The Kier molecular flexibility index (Phi) is 6.58. The van der Waals surface area contributed by atoms with Crippen molar-refractivity contribution in [2.75, 3.05) is 0 Å². The summed E-state index contributed by atoms with van der Waals surface area (Å²) in [7, 11) is 31.5. The molecule has 7 aromatic carbocycles. The van der Waals surface area contributed by atoms with Gasteiger partial charge in [0.15, 0.2) is 0 Å². The van der Waals surface area contributed by atoms with Crippen LogP contribution in [0.15, 0.2) is 144 Å². The molecule has 9 rings (SSSR count). The predicted molar refractivity (Wildman–Crippen MR) is 207 cm³/mol. The highest BCUT2D eigenvalue weighted by atomic mass is 16.3. The fourth-order valence-electron chi connectivity index (χ4n) is 7.27. The predicted octanol–water partition coefficient (Wildman–Crippen LogP) is 8.63. The second-order valence-corrected chi connectivity index (χ2v) is 12.7. The molecule has 0 aliphatic carbocycles. The summed E-state index contributed by atoms with van der Waals surface area (Å²) in [5.74, 6) is 0.254. The van der Waals surface area contributed by atoms with Gasteiger partial charge >= 0.3 is 0 Å². The maximum Gasteiger partial charge on any atom is 0.136 e. The highest BCUT2D eigenvalue weighted by Gasteiger charge is 2.36. The summed E-state index contributed by atoms with van der Waals surface area (Å²) >= 11 is 0. The molecule has 0 N–H and O–H groups in total. The van der Waals surface area contributed by atoms with Crippen molar-refractivity contribution in [2.45, 2.75) is 10.3 Å². The van der Waals surface area contributed by atoms with Gasteiger partial charge in [-0.05, 0) is 80.2 Å². The molecule has 0 saturated carbocycles. The van der Waals surface area contributed by atoms with Gasteiger partial charge in [0, 0.05) is 16.5 Å². The van der Waals surface area contributed by atoms with Crippen molar-refractivity contribution in [1.29, 1.82) is 0 Å². The van der Waals surface area contributed by atoms with Crippen LogP contribution >= 0.6 is 0 Å². The number of imidazole rings is 1. The highest BCUT2D eigenvalue weighted by Crippen LogP contribution is 2.47. The van der Waals surface area contributed by atoms with Gasteiger partial charge in [-0.15, -0.1) is 5.11 Å². The first-order valence-electron chi connectivity index (χ1n) is 16.1. The summed E-state index contributed by atoms with van der Waals surface area (Å²) in [6, 6.07) is 47.6. The van der Waals surface area contributed by atoms with Crippen molar-refractivity contribution in [1.82, 2.24) is 9.55 Å².